The Bertz CT molecular complexity index is 321. The number of benzene rings is 1. The average molecular weight is 240 g/mol. The molecule has 2 N–H and O–H groups in total. The van der Waals surface area contributed by atoms with E-state index in [2.05, 4.69) is 0 Å². The van der Waals surface area contributed by atoms with Crippen molar-refractivity contribution in [2.75, 3.05) is 6.54 Å². The van der Waals surface area contributed by atoms with Crippen LogP contribution in [0.15, 0.2) is 24.3 Å². The van der Waals surface area contributed by atoms with E-state index < -0.39 is 0 Å². The first kappa shape index (κ1) is 13.2. The summed E-state index contributed by atoms with van der Waals surface area (Å²) in [5, 5.41) is 0.666. The maximum Gasteiger partial charge on any atom is 0.162 e. The molecular weight excluding hydrogens is 222 g/mol. The topological polar surface area (TPSA) is 43.1 Å². The first-order chi connectivity index (χ1) is 7.74. The van der Waals surface area contributed by atoms with Gasteiger partial charge < -0.3 is 5.73 Å². The first-order valence-corrected chi connectivity index (χ1v) is 6.10. The molecule has 0 bridgehead atoms. The van der Waals surface area contributed by atoms with Gasteiger partial charge in [-0.15, -0.1) is 0 Å². The smallest absolute Gasteiger partial charge is 0.162 e. The molecule has 3 heteroatoms. The van der Waals surface area contributed by atoms with E-state index in [0.717, 1.165) is 37.8 Å². The number of Topliss-reactive ketones (excluding diaryl/α,β-unsaturated/α-hetero) is 1. The van der Waals surface area contributed by atoms with Crippen LogP contribution in [0.25, 0.3) is 0 Å². The van der Waals surface area contributed by atoms with Crippen LogP contribution in [0.4, 0.5) is 0 Å². The van der Waals surface area contributed by atoms with Crippen molar-refractivity contribution < 1.29 is 4.79 Å². The summed E-state index contributed by atoms with van der Waals surface area (Å²) in [6, 6.07) is 7.07. The molecule has 0 radical (unpaired) electrons. The summed E-state index contributed by atoms with van der Waals surface area (Å²) in [6.07, 6.45) is 4.81. The van der Waals surface area contributed by atoms with Crippen LogP contribution < -0.4 is 5.73 Å². The molecular formula is C13H18ClNO. The van der Waals surface area contributed by atoms with Gasteiger partial charge in [-0.1, -0.05) is 24.4 Å². The molecule has 0 aliphatic rings. The monoisotopic (exact) mass is 239 g/mol. The van der Waals surface area contributed by atoms with Crippen molar-refractivity contribution in [2.45, 2.75) is 32.1 Å². The largest absolute Gasteiger partial charge is 0.330 e. The van der Waals surface area contributed by atoms with E-state index in [4.69, 9.17) is 17.3 Å². The third-order valence-corrected chi connectivity index (χ3v) is 2.78. The molecule has 0 unspecified atom stereocenters. The van der Waals surface area contributed by atoms with Gasteiger partial charge in [0.2, 0.25) is 0 Å². The van der Waals surface area contributed by atoms with Gasteiger partial charge in [-0.25, -0.2) is 0 Å². The fourth-order valence-electron chi connectivity index (χ4n) is 1.56. The zero-order valence-corrected chi connectivity index (χ0v) is 10.2. The van der Waals surface area contributed by atoms with Crippen LogP contribution in [0, 0.1) is 0 Å². The minimum Gasteiger partial charge on any atom is -0.330 e. The molecule has 0 spiro atoms. The fourth-order valence-corrected chi connectivity index (χ4v) is 1.69. The van der Waals surface area contributed by atoms with Crippen molar-refractivity contribution in [2.24, 2.45) is 5.73 Å². The number of ketones is 1. The van der Waals surface area contributed by atoms with Crippen LogP contribution in [0.3, 0.4) is 0 Å². The van der Waals surface area contributed by atoms with Gasteiger partial charge in [0.15, 0.2) is 5.78 Å². The summed E-state index contributed by atoms with van der Waals surface area (Å²) in [7, 11) is 0. The van der Waals surface area contributed by atoms with Gasteiger partial charge in [-0.05, 0) is 43.7 Å². The summed E-state index contributed by atoms with van der Waals surface area (Å²) in [5.74, 6) is 0.199. The molecule has 16 heavy (non-hydrogen) atoms. The average Bonchev–Trinajstić information content (AvgIpc) is 2.29. The molecule has 0 fully saturated rings. The van der Waals surface area contributed by atoms with Gasteiger partial charge >= 0.3 is 0 Å². The summed E-state index contributed by atoms with van der Waals surface area (Å²) in [5.41, 5.74) is 6.15. The lowest BCUT2D eigenvalue weighted by atomic mass is 10.0. The molecule has 0 saturated carbocycles. The highest BCUT2D eigenvalue weighted by molar-refractivity contribution is 6.30. The van der Waals surface area contributed by atoms with Crippen LogP contribution >= 0.6 is 11.6 Å². The Morgan fingerprint density at radius 3 is 2.31 bits per heavy atom. The zero-order chi connectivity index (χ0) is 11.8. The van der Waals surface area contributed by atoms with Crippen molar-refractivity contribution in [3.05, 3.63) is 34.9 Å². The highest BCUT2D eigenvalue weighted by Crippen LogP contribution is 2.13. The molecule has 1 aromatic rings. The van der Waals surface area contributed by atoms with Crippen molar-refractivity contribution in [3.8, 4) is 0 Å². The minimum absolute atomic E-state index is 0.199. The normalized spacial score (nSPS) is 10.4. The minimum atomic E-state index is 0.199. The Kier molecular flexibility index (Phi) is 6.12. The molecule has 0 aliphatic heterocycles. The standard InChI is InChI=1S/C13H18ClNO/c14-12-8-6-11(7-9-12)13(16)5-3-1-2-4-10-15/h6-9H,1-5,10,15H2. The van der Waals surface area contributed by atoms with E-state index in [-0.39, 0.29) is 5.78 Å². The van der Waals surface area contributed by atoms with E-state index in [0.29, 0.717) is 11.4 Å². The van der Waals surface area contributed by atoms with Crippen LogP contribution in [-0.4, -0.2) is 12.3 Å². The third-order valence-electron chi connectivity index (χ3n) is 2.52. The molecule has 1 aromatic carbocycles. The molecule has 88 valence electrons. The van der Waals surface area contributed by atoms with Gasteiger partial charge in [-0.2, -0.15) is 0 Å². The molecule has 0 amide bonds. The quantitative estimate of drug-likeness (QED) is 0.585. The third kappa shape index (κ3) is 4.77. The Hall–Kier alpha value is -0.860. The van der Waals surface area contributed by atoms with E-state index >= 15 is 0 Å². The van der Waals surface area contributed by atoms with Crippen LogP contribution in [0.1, 0.15) is 42.5 Å². The van der Waals surface area contributed by atoms with Gasteiger partial charge in [0.1, 0.15) is 0 Å². The molecule has 0 heterocycles. The predicted octanol–water partition coefficient (Wildman–Crippen LogP) is 3.43. The molecule has 1 rings (SSSR count). The summed E-state index contributed by atoms with van der Waals surface area (Å²) in [4.78, 5) is 11.7. The second-order valence-electron chi connectivity index (χ2n) is 3.88. The van der Waals surface area contributed by atoms with Crippen LogP contribution in [0.2, 0.25) is 5.02 Å². The Morgan fingerprint density at radius 2 is 1.69 bits per heavy atom. The van der Waals surface area contributed by atoms with Gasteiger partial charge in [0.05, 0.1) is 0 Å². The van der Waals surface area contributed by atoms with Crippen molar-refractivity contribution in [3.63, 3.8) is 0 Å². The Morgan fingerprint density at radius 1 is 1.06 bits per heavy atom. The lowest BCUT2D eigenvalue weighted by molar-refractivity contribution is 0.0979. The SMILES string of the molecule is NCCCCCCC(=O)c1ccc(Cl)cc1. The Labute approximate surface area is 102 Å². The van der Waals surface area contributed by atoms with Gasteiger partial charge in [0, 0.05) is 17.0 Å². The summed E-state index contributed by atoms with van der Waals surface area (Å²) in [6.45, 7) is 0.741. The highest BCUT2D eigenvalue weighted by Gasteiger charge is 2.04. The maximum atomic E-state index is 11.7. The van der Waals surface area contributed by atoms with E-state index in [9.17, 15) is 4.79 Å². The first-order valence-electron chi connectivity index (χ1n) is 5.73. The molecule has 0 atom stereocenters. The van der Waals surface area contributed by atoms with E-state index in [1.165, 1.54) is 0 Å². The second-order valence-corrected chi connectivity index (χ2v) is 4.32. The number of nitrogens with two attached hydrogens (primary N) is 1. The lowest BCUT2D eigenvalue weighted by Crippen LogP contribution is -2.00. The zero-order valence-electron chi connectivity index (χ0n) is 9.42. The number of carbonyl (C=O) groups is 1. The van der Waals surface area contributed by atoms with E-state index in [1.54, 1.807) is 24.3 Å². The lowest BCUT2D eigenvalue weighted by Gasteiger charge is -2.01. The van der Waals surface area contributed by atoms with Gasteiger partial charge in [0.25, 0.3) is 0 Å². The number of carbonyl (C=O) groups excluding carboxylic acids is 1. The van der Waals surface area contributed by atoms with Crippen molar-refractivity contribution >= 4 is 17.4 Å². The van der Waals surface area contributed by atoms with Crippen molar-refractivity contribution in [1.29, 1.82) is 0 Å². The number of unbranched alkanes of at least 4 members (excludes halogenated alkanes) is 3. The summed E-state index contributed by atoms with van der Waals surface area (Å²) >= 11 is 5.75. The molecule has 0 aliphatic carbocycles. The highest BCUT2D eigenvalue weighted by atomic mass is 35.5. The van der Waals surface area contributed by atoms with Crippen LogP contribution in [0.5, 0.6) is 0 Å². The summed E-state index contributed by atoms with van der Waals surface area (Å²) < 4.78 is 0. The van der Waals surface area contributed by atoms with Gasteiger partial charge in [-0.3, -0.25) is 4.79 Å². The predicted molar refractivity (Wildman–Crippen MR) is 67.9 cm³/mol. The second kappa shape index (κ2) is 7.42. The number of rotatable bonds is 7. The molecule has 0 saturated heterocycles. The van der Waals surface area contributed by atoms with Crippen molar-refractivity contribution in [1.82, 2.24) is 0 Å². The molecule has 0 aromatic heterocycles. The number of halogens is 1. The fraction of sp³-hybridized carbons (Fsp3) is 0.462. The molecule has 2 nitrogen and oxygen atoms in total. The number of hydrogen-bond donors (Lipinski definition) is 1. The Balaban J connectivity index is 2.27. The van der Waals surface area contributed by atoms with Crippen LogP contribution in [-0.2, 0) is 0 Å². The van der Waals surface area contributed by atoms with E-state index in [1.807, 2.05) is 0 Å². The maximum absolute atomic E-state index is 11.7. The number of hydrogen-bond acceptors (Lipinski definition) is 2.